The van der Waals surface area contributed by atoms with Crippen molar-refractivity contribution in [2.24, 2.45) is 5.92 Å². The van der Waals surface area contributed by atoms with Crippen molar-refractivity contribution < 1.29 is 9.90 Å². The molecule has 1 unspecified atom stereocenters. The number of hydrogen-bond donors (Lipinski definition) is 2. The number of benzene rings is 1. The zero-order valence-corrected chi connectivity index (χ0v) is 14.7. The Balaban J connectivity index is 1.55. The third kappa shape index (κ3) is 7.38. The maximum atomic E-state index is 11.8. The monoisotopic (exact) mass is 336 g/mol. The number of nitrogens with one attached hydrogen (secondary N) is 1. The van der Waals surface area contributed by atoms with E-state index in [2.05, 4.69) is 17.1 Å². The molecule has 0 aromatic heterocycles. The Kier molecular flexibility index (Phi) is 7.92. The van der Waals surface area contributed by atoms with Crippen LogP contribution in [0.5, 0.6) is 0 Å². The number of piperidine rings is 1. The van der Waals surface area contributed by atoms with Gasteiger partial charge >= 0.3 is 0 Å². The number of rotatable bonds is 8. The van der Waals surface area contributed by atoms with E-state index in [1.165, 1.54) is 17.7 Å². The first-order valence-corrected chi connectivity index (χ1v) is 9.47. The number of amides is 1. The molecule has 2 N–H and O–H groups in total. The quantitative estimate of drug-likeness (QED) is 0.716. The zero-order valence-electron chi connectivity index (χ0n) is 13.9. The van der Waals surface area contributed by atoms with Crippen LogP contribution in [0.3, 0.4) is 0 Å². The van der Waals surface area contributed by atoms with E-state index < -0.39 is 6.10 Å². The molecule has 4 nitrogen and oxygen atoms in total. The van der Waals surface area contributed by atoms with Crippen LogP contribution >= 0.6 is 11.8 Å². The Morgan fingerprint density at radius 2 is 2.04 bits per heavy atom. The average Bonchev–Trinajstić information content (AvgIpc) is 2.56. The second-order valence-electron chi connectivity index (χ2n) is 6.35. The summed E-state index contributed by atoms with van der Waals surface area (Å²) in [7, 11) is 0. The van der Waals surface area contributed by atoms with Crippen LogP contribution in [-0.2, 0) is 4.79 Å². The van der Waals surface area contributed by atoms with Gasteiger partial charge in [0.25, 0.3) is 0 Å². The maximum absolute atomic E-state index is 11.8. The van der Waals surface area contributed by atoms with Gasteiger partial charge in [-0.2, -0.15) is 0 Å². The Morgan fingerprint density at radius 3 is 2.74 bits per heavy atom. The van der Waals surface area contributed by atoms with E-state index in [9.17, 15) is 9.90 Å². The van der Waals surface area contributed by atoms with Crippen molar-refractivity contribution in [2.75, 3.05) is 31.9 Å². The SMILES string of the molecule is CC1CCN(CC(O)CNC(=O)CCSc2ccccc2)CC1. The molecule has 23 heavy (non-hydrogen) atoms. The molecule has 1 saturated heterocycles. The van der Waals surface area contributed by atoms with Crippen molar-refractivity contribution in [1.82, 2.24) is 10.2 Å². The summed E-state index contributed by atoms with van der Waals surface area (Å²) in [5.41, 5.74) is 0. The molecule has 1 heterocycles. The highest BCUT2D eigenvalue weighted by Crippen LogP contribution is 2.17. The van der Waals surface area contributed by atoms with E-state index in [0.717, 1.165) is 24.8 Å². The molecule has 0 radical (unpaired) electrons. The minimum atomic E-state index is -0.478. The minimum Gasteiger partial charge on any atom is -0.390 e. The summed E-state index contributed by atoms with van der Waals surface area (Å²) >= 11 is 1.68. The highest BCUT2D eigenvalue weighted by Gasteiger charge is 2.18. The lowest BCUT2D eigenvalue weighted by Gasteiger charge is -2.31. The third-order valence-corrected chi connectivity index (χ3v) is 5.23. The molecular formula is C18H28N2O2S. The molecule has 1 atom stereocenters. The molecule has 0 spiro atoms. The first-order valence-electron chi connectivity index (χ1n) is 8.48. The molecule has 0 bridgehead atoms. The van der Waals surface area contributed by atoms with Gasteiger partial charge in [-0.05, 0) is 44.0 Å². The van der Waals surface area contributed by atoms with Crippen molar-refractivity contribution >= 4 is 17.7 Å². The van der Waals surface area contributed by atoms with Gasteiger partial charge in [0.05, 0.1) is 6.10 Å². The molecule has 0 saturated carbocycles. The van der Waals surface area contributed by atoms with E-state index >= 15 is 0 Å². The zero-order chi connectivity index (χ0) is 16.5. The van der Waals surface area contributed by atoms with Crippen molar-refractivity contribution in [3.8, 4) is 0 Å². The van der Waals surface area contributed by atoms with E-state index in [1.807, 2.05) is 30.3 Å². The van der Waals surface area contributed by atoms with Crippen LogP contribution in [-0.4, -0.2) is 53.9 Å². The highest BCUT2D eigenvalue weighted by molar-refractivity contribution is 7.99. The molecule has 5 heteroatoms. The Bertz CT molecular complexity index is 461. The number of aliphatic hydroxyl groups is 1. The lowest BCUT2D eigenvalue weighted by molar-refractivity contribution is -0.121. The second kappa shape index (κ2) is 9.96. The molecular weight excluding hydrogens is 308 g/mol. The predicted octanol–water partition coefficient (Wildman–Crippen LogP) is 2.38. The van der Waals surface area contributed by atoms with Crippen LogP contribution in [0.2, 0.25) is 0 Å². The molecule has 1 aromatic rings. The number of aliphatic hydroxyl groups excluding tert-OH is 1. The fourth-order valence-electron chi connectivity index (χ4n) is 2.71. The molecule has 0 aliphatic carbocycles. The largest absolute Gasteiger partial charge is 0.390 e. The summed E-state index contributed by atoms with van der Waals surface area (Å²) in [6.07, 6.45) is 2.41. The number of carbonyl (C=O) groups excluding carboxylic acids is 1. The predicted molar refractivity (Wildman–Crippen MR) is 95.6 cm³/mol. The fourth-order valence-corrected chi connectivity index (χ4v) is 3.58. The van der Waals surface area contributed by atoms with Gasteiger partial charge in [0.15, 0.2) is 0 Å². The van der Waals surface area contributed by atoms with Gasteiger partial charge in [0.1, 0.15) is 0 Å². The van der Waals surface area contributed by atoms with E-state index in [-0.39, 0.29) is 5.91 Å². The summed E-state index contributed by atoms with van der Waals surface area (Å²) in [4.78, 5) is 15.3. The van der Waals surface area contributed by atoms with Gasteiger partial charge in [-0.1, -0.05) is 25.1 Å². The van der Waals surface area contributed by atoms with Gasteiger partial charge < -0.3 is 15.3 Å². The maximum Gasteiger partial charge on any atom is 0.220 e. The molecule has 1 aliphatic rings. The molecule has 128 valence electrons. The summed E-state index contributed by atoms with van der Waals surface area (Å²) in [5.74, 6) is 1.57. The van der Waals surface area contributed by atoms with Crippen molar-refractivity contribution in [1.29, 1.82) is 0 Å². The molecule has 1 amide bonds. The summed E-state index contributed by atoms with van der Waals surface area (Å²) < 4.78 is 0. The minimum absolute atomic E-state index is 0.0137. The van der Waals surface area contributed by atoms with Crippen molar-refractivity contribution in [2.45, 2.75) is 37.2 Å². The topological polar surface area (TPSA) is 52.6 Å². The van der Waals surface area contributed by atoms with Crippen molar-refractivity contribution in [3.05, 3.63) is 30.3 Å². The Labute approximate surface area is 143 Å². The van der Waals surface area contributed by atoms with E-state index in [4.69, 9.17) is 0 Å². The van der Waals surface area contributed by atoms with Gasteiger partial charge in [0, 0.05) is 30.2 Å². The van der Waals surface area contributed by atoms with Gasteiger partial charge in [-0.15, -0.1) is 11.8 Å². The molecule has 1 aliphatic heterocycles. The molecule has 1 aromatic carbocycles. The molecule has 1 fully saturated rings. The Morgan fingerprint density at radius 1 is 1.35 bits per heavy atom. The standard InChI is InChI=1S/C18H28N2O2S/c1-15-7-10-20(11-8-15)14-16(21)13-19-18(22)9-12-23-17-5-3-2-4-6-17/h2-6,15-16,21H,7-14H2,1H3,(H,19,22). The van der Waals surface area contributed by atoms with Gasteiger partial charge in [-0.3, -0.25) is 4.79 Å². The first-order chi connectivity index (χ1) is 11.1. The van der Waals surface area contributed by atoms with Gasteiger partial charge in [0.2, 0.25) is 5.91 Å². The number of carbonyl (C=O) groups is 1. The van der Waals surface area contributed by atoms with Crippen LogP contribution in [0.1, 0.15) is 26.2 Å². The lowest BCUT2D eigenvalue weighted by atomic mass is 9.99. The van der Waals surface area contributed by atoms with Crippen molar-refractivity contribution in [3.63, 3.8) is 0 Å². The van der Waals surface area contributed by atoms with E-state index in [0.29, 0.717) is 19.5 Å². The summed E-state index contributed by atoms with van der Waals surface area (Å²) in [6.45, 7) is 5.40. The number of β-amino-alcohol motifs (C(OH)–C–C–N with tert-alkyl or cyclic N) is 1. The molecule has 2 rings (SSSR count). The van der Waals surface area contributed by atoms with Crippen LogP contribution in [0.15, 0.2) is 35.2 Å². The second-order valence-corrected chi connectivity index (χ2v) is 7.52. The number of hydrogen-bond acceptors (Lipinski definition) is 4. The summed E-state index contributed by atoms with van der Waals surface area (Å²) in [5, 5.41) is 12.9. The highest BCUT2D eigenvalue weighted by atomic mass is 32.2. The first kappa shape index (κ1) is 18.3. The number of likely N-dealkylation sites (tertiary alicyclic amines) is 1. The Hall–Kier alpha value is -1.04. The number of thioether (sulfide) groups is 1. The van der Waals surface area contributed by atoms with Crippen LogP contribution < -0.4 is 5.32 Å². The normalized spacial score (nSPS) is 17.8. The smallest absolute Gasteiger partial charge is 0.220 e. The van der Waals surface area contributed by atoms with Crippen LogP contribution in [0.25, 0.3) is 0 Å². The van der Waals surface area contributed by atoms with Crippen LogP contribution in [0, 0.1) is 5.92 Å². The number of nitrogens with zero attached hydrogens (tertiary/aromatic N) is 1. The lowest BCUT2D eigenvalue weighted by Crippen LogP contribution is -2.43. The average molecular weight is 337 g/mol. The van der Waals surface area contributed by atoms with Gasteiger partial charge in [-0.25, -0.2) is 0 Å². The fraction of sp³-hybridized carbons (Fsp3) is 0.611. The van der Waals surface area contributed by atoms with E-state index in [1.54, 1.807) is 11.8 Å². The summed E-state index contributed by atoms with van der Waals surface area (Å²) in [6, 6.07) is 10.1. The third-order valence-electron chi connectivity index (χ3n) is 4.22. The van der Waals surface area contributed by atoms with Crippen LogP contribution in [0.4, 0.5) is 0 Å².